The maximum Gasteiger partial charge on any atom is 0.118 e. The van der Waals surface area contributed by atoms with Gasteiger partial charge < -0.3 is 10.1 Å². The van der Waals surface area contributed by atoms with Gasteiger partial charge >= 0.3 is 0 Å². The molecule has 0 saturated heterocycles. The highest BCUT2D eigenvalue weighted by Crippen LogP contribution is 2.22. The first kappa shape index (κ1) is 13.9. The molecular weight excluding hydrogens is 258 g/mol. The Bertz CT molecular complexity index is 525. The number of methoxy groups -OCH3 is 1. The molecule has 2 aromatic carbocycles. The van der Waals surface area contributed by atoms with E-state index in [9.17, 15) is 0 Å². The molecule has 2 rings (SSSR count). The normalized spacial score (nSPS) is 12.2. The van der Waals surface area contributed by atoms with E-state index < -0.39 is 0 Å². The molecule has 3 heteroatoms. The second-order valence-electron chi connectivity index (χ2n) is 4.47. The molecule has 0 fully saturated rings. The number of benzene rings is 2. The average Bonchev–Trinajstić information content (AvgIpc) is 2.46. The van der Waals surface area contributed by atoms with E-state index in [1.807, 2.05) is 36.4 Å². The van der Waals surface area contributed by atoms with Crippen molar-refractivity contribution in [3.8, 4) is 5.75 Å². The van der Waals surface area contributed by atoms with Crippen LogP contribution in [0, 0.1) is 0 Å². The minimum atomic E-state index is 0.218. The zero-order valence-electron chi connectivity index (χ0n) is 11.2. The van der Waals surface area contributed by atoms with Crippen LogP contribution >= 0.6 is 11.6 Å². The van der Waals surface area contributed by atoms with Crippen LogP contribution in [0.15, 0.2) is 48.5 Å². The Hall–Kier alpha value is -1.51. The van der Waals surface area contributed by atoms with Gasteiger partial charge in [0.1, 0.15) is 5.75 Å². The van der Waals surface area contributed by atoms with Crippen molar-refractivity contribution in [1.29, 1.82) is 0 Å². The summed E-state index contributed by atoms with van der Waals surface area (Å²) in [4.78, 5) is 0. The lowest BCUT2D eigenvalue weighted by Crippen LogP contribution is -2.18. The fraction of sp³-hybridized carbons (Fsp3) is 0.250. The second-order valence-corrected chi connectivity index (χ2v) is 4.88. The molecule has 100 valence electrons. The predicted molar refractivity (Wildman–Crippen MR) is 79.7 cm³/mol. The van der Waals surface area contributed by atoms with Gasteiger partial charge in [0.05, 0.1) is 7.11 Å². The van der Waals surface area contributed by atoms with Crippen molar-refractivity contribution < 1.29 is 4.74 Å². The summed E-state index contributed by atoms with van der Waals surface area (Å²) in [5.74, 6) is 0.878. The highest BCUT2D eigenvalue weighted by molar-refractivity contribution is 6.31. The average molecular weight is 276 g/mol. The minimum Gasteiger partial charge on any atom is -0.497 e. The summed E-state index contributed by atoms with van der Waals surface area (Å²) < 4.78 is 5.14. The highest BCUT2D eigenvalue weighted by Gasteiger charge is 2.08. The van der Waals surface area contributed by atoms with E-state index in [0.717, 1.165) is 22.9 Å². The number of hydrogen-bond acceptors (Lipinski definition) is 2. The summed E-state index contributed by atoms with van der Waals surface area (Å²) in [5.41, 5.74) is 2.34. The number of hydrogen-bond donors (Lipinski definition) is 1. The lowest BCUT2D eigenvalue weighted by atomic mass is 10.1. The van der Waals surface area contributed by atoms with Crippen LogP contribution in [-0.2, 0) is 6.54 Å². The van der Waals surface area contributed by atoms with Gasteiger partial charge in [0.2, 0.25) is 0 Å². The summed E-state index contributed by atoms with van der Waals surface area (Å²) in [6.45, 7) is 2.92. The third kappa shape index (κ3) is 3.72. The summed E-state index contributed by atoms with van der Waals surface area (Å²) in [7, 11) is 1.67. The maximum absolute atomic E-state index is 6.18. The van der Waals surface area contributed by atoms with Crippen molar-refractivity contribution in [2.75, 3.05) is 7.11 Å². The Morgan fingerprint density at radius 1 is 1.11 bits per heavy atom. The number of nitrogens with one attached hydrogen (secondary N) is 1. The molecule has 0 radical (unpaired) electrons. The zero-order chi connectivity index (χ0) is 13.7. The summed E-state index contributed by atoms with van der Waals surface area (Å²) in [6.07, 6.45) is 0. The molecule has 0 saturated carbocycles. The van der Waals surface area contributed by atoms with Gasteiger partial charge in [0.15, 0.2) is 0 Å². The molecule has 0 heterocycles. The lowest BCUT2D eigenvalue weighted by molar-refractivity contribution is 0.414. The van der Waals surface area contributed by atoms with Crippen LogP contribution < -0.4 is 10.1 Å². The van der Waals surface area contributed by atoms with Crippen molar-refractivity contribution in [2.24, 2.45) is 0 Å². The molecule has 0 bridgehead atoms. The van der Waals surface area contributed by atoms with Gasteiger partial charge in [-0.05, 0) is 36.2 Å². The van der Waals surface area contributed by atoms with Crippen molar-refractivity contribution in [1.82, 2.24) is 5.32 Å². The fourth-order valence-electron chi connectivity index (χ4n) is 1.95. The van der Waals surface area contributed by atoms with Crippen molar-refractivity contribution in [3.05, 3.63) is 64.7 Å². The SMILES string of the molecule is COc1ccc(CN[C@@H](C)c2ccccc2Cl)cc1. The van der Waals surface area contributed by atoms with Crippen LogP contribution in [0.3, 0.4) is 0 Å². The summed E-state index contributed by atoms with van der Waals surface area (Å²) in [5, 5.41) is 4.27. The van der Waals surface area contributed by atoms with E-state index in [1.165, 1.54) is 5.56 Å². The number of rotatable bonds is 5. The Morgan fingerprint density at radius 2 is 1.79 bits per heavy atom. The summed E-state index contributed by atoms with van der Waals surface area (Å²) >= 11 is 6.18. The van der Waals surface area contributed by atoms with Crippen LogP contribution in [-0.4, -0.2) is 7.11 Å². The standard InChI is InChI=1S/C16H18ClNO/c1-12(15-5-3-4-6-16(15)17)18-11-13-7-9-14(19-2)10-8-13/h3-10,12,18H,11H2,1-2H3/t12-/m0/s1. The van der Waals surface area contributed by atoms with Crippen LogP contribution in [0.4, 0.5) is 0 Å². The van der Waals surface area contributed by atoms with Gasteiger partial charge in [0.25, 0.3) is 0 Å². The molecule has 1 atom stereocenters. The largest absolute Gasteiger partial charge is 0.497 e. The molecule has 0 aromatic heterocycles. The first-order valence-corrected chi connectivity index (χ1v) is 6.69. The monoisotopic (exact) mass is 275 g/mol. The van der Waals surface area contributed by atoms with Gasteiger partial charge in [-0.2, -0.15) is 0 Å². The third-order valence-corrected chi connectivity index (χ3v) is 3.49. The first-order valence-electron chi connectivity index (χ1n) is 6.31. The van der Waals surface area contributed by atoms with E-state index in [4.69, 9.17) is 16.3 Å². The van der Waals surface area contributed by atoms with Crippen LogP contribution in [0.2, 0.25) is 5.02 Å². The molecule has 0 aliphatic carbocycles. The van der Waals surface area contributed by atoms with Crippen molar-refractivity contribution >= 4 is 11.6 Å². The van der Waals surface area contributed by atoms with Crippen LogP contribution in [0.5, 0.6) is 5.75 Å². The molecule has 0 unspecified atom stereocenters. The predicted octanol–water partition coefficient (Wildman–Crippen LogP) is 4.20. The molecule has 19 heavy (non-hydrogen) atoms. The fourth-order valence-corrected chi connectivity index (χ4v) is 2.25. The van der Waals surface area contributed by atoms with E-state index in [1.54, 1.807) is 7.11 Å². The van der Waals surface area contributed by atoms with Crippen molar-refractivity contribution in [2.45, 2.75) is 19.5 Å². The lowest BCUT2D eigenvalue weighted by Gasteiger charge is -2.15. The molecular formula is C16H18ClNO. The van der Waals surface area contributed by atoms with Crippen LogP contribution in [0.25, 0.3) is 0 Å². The van der Waals surface area contributed by atoms with E-state index in [2.05, 4.69) is 24.4 Å². The number of ether oxygens (including phenoxy) is 1. The van der Waals surface area contributed by atoms with Gasteiger partial charge in [-0.3, -0.25) is 0 Å². The van der Waals surface area contributed by atoms with Gasteiger partial charge in [-0.15, -0.1) is 0 Å². The molecule has 0 spiro atoms. The quantitative estimate of drug-likeness (QED) is 0.883. The topological polar surface area (TPSA) is 21.3 Å². The van der Waals surface area contributed by atoms with E-state index >= 15 is 0 Å². The Morgan fingerprint density at radius 3 is 2.42 bits per heavy atom. The summed E-state index contributed by atoms with van der Waals surface area (Å²) in [6, 6.07) is 16.2. The Kier molecular flexibility index (Phi) is 4.83. The minimum absolute atomic E-state index is 0.218. The molecule has 0 amide bonds. The van der Waals surface area contributed by atoms with E-state index in [-0.39, 0.29) is 6.04 Å². The van der Waals surface area contributed by atoms with E-state index in [0.29, 0.717) is 0 Å². The zero-order valence-corrected chi connectivity index (χ0v) is 11.9. The maximum atomic E-state index is 6.18. The first-order chi connectivity index (χ1) is 9.20. The highest BCUT2D eigenvalue weighted by atomic mass is 35.5. The molecule has 0 aliphatic heterocycles. The number of halogens is 1. The molecule has 2 nitrogen and oxygen atoms in total. The van der Waals surface area contributed by atoms with Crippen LogP contribution in [0.1, 0.15) is 24.1 Å². The van der Waals surface area contributed by atoms with Gasteiger partial charge in [-0.25, -0.2) is 0 Å². The second kappa shape index (κ2) is 6.60. The van der Waals surface area contributed by atoms with Gasteiger partial charge in [-0.1, -0.05) is 41.9 Å². The van der Waals surface area contributed by atoms with Gasteiger partial charge in [0, 0.05) is 17.6 Å². The molecule has 1 N–H and O–H groups in total. The Labute approximate surface area is 119 Å². The Balaban J connectivity index is 1.96. The smallest absolute Gasteiger partial charge is 0.118 e. The third-order valence-electron chi connectivity index (χ3n) is 3.14. The molecule has 2 aromatic rings. The van der Waals surface area contributed by atoms with Crippen molar-refractivity contribution in [3.63, 3.8) is 0 Å². The molecule has 0 aliphatic rings.